The number of nitrogens with zero attached hydrogens (tertiary/aromatic N) is 2. The highest BCUT2D eigenvalue weighted by molar-refractivity contribution is 5.97. The molecule has 0 atom stereocenters. The highest BCUT2D eigenvalue weighted by Gasteiger charge is 2.13. The maximum absolute atomic E-state index is 12.8. The van der Waals surface area contributed by atoms with E-state index in [9.17, 15) is 9.59 Å². The zero-order valence-electron chi connectivity index (χ0n) is 18.4. The largest absolute Gasteiger partial charge is 0.348 e. The van der Waals surface area contributed by atoms with E-state index < -0.39 is 0 Å². The van der Waals surface area contributed by atoms with Crippen LogP contribution >= 0.6 is 0 Å². The fraction of sp³-hybridized carbons (Fsp3) is 0.192. The van der Waals surface area contributed by atoms with Gasteiger partial charge in [0.15, 0.2) is 0 Å². The molecule has 0 radical (unpaired) electrons. The SMILES string of the molecule is Cc1nc2cc(C(=O)NCc3cccc(NC(=O)C(C)C)c3)ccc2n1-c1ccccc1. The van der Waals surface area contributed by atoms with E-state index in [4.69, 9.17) is 0 Å². The quantitative estimate of drug-likeness (QED) is 0.462. The Kier molecular flexibility index (Phi) is 6.03. The Labute approximate surface area is 187 Å². The smallest absolute Gasteiger partial charge is 0.251 e. The average molecular weight is 427 g/mol. The molecule has 4 aromatic rings. The zero-order valence-corrected chi connectivity index (χ0v) is 18.4. The molecule has 3 aromatic carbocycles. The molecule has 0 aliphatic rings. The van der Waals surface area contributed by atoms with E-state index in [1.165, 1.54) is 0 Å². The van der Waals surface area contributed by atoms with Crippen LogP contribution in [0.4, 0.5) is 5.69 Å². The number of carbonyl (C=O) groups is 2. The lowest BCUT2D eigenvalue weighted by Gasteiger charge is -2.10. The van der Waals surface area contributed by atoms with E-state index >= 15 is 0 Å². The van der Waals surface area contributed by atoms with E-state index in [1.807, 2.05) is 93.6 Å². The van der Waals surface area contributed by atoms with Crippen LogP contribution in [-0.2, 0) is 11.3 Å². The number of hydrogen-bond donors (Lipinski definition) is 2. The summed E-state index contributed by atoms with van der Waals surface area (Å²) < 4.78 is 2.08. The number of nitrogens with one attached hydrogen (secondary N) is 2. The van der Waals surface area contributed by atoms with Crippen molar-refractivity contribution in [1.29, 1.82) is 0 Å². The molecule has 0 aliphatic carbocycles. The average Bonchev–Trinajstić information content (AvgIpc) is 3.13. The fourth-order valence-electron chi connectivity index (χ4n) is 3.57. The van der Waals surface area contributed by atoms with Crippen molar-refractivity contribution in [3.63, 3.8) is 0 Å². The first-order valence-electron chi connectivity index (χ1n) is 10.6. The Morgan fingerprint density at radius 3 is 2.50 bits per heavy atom. The summed E-state index contributed by atoms with van der Waals surface area (Å²) in [6.45, 7) is 6.01. The van der Waals surface area contributed by atoms with Crippen molar-refractivity contribution >= 4 is 28.5 Å². The fourth-order valence-corrected chi connectivity index (χ4v) is 3.57. The van der Waals surface area contributed by atoms with Gasteiger partial charge in [-0.25, -0.2) is 4.98 Å². The number of anilines is 1. The summed E-state index contributed by atoms with van der Waals surface area (Å²) >= 11 is 0. The molecule has 6 heteroatoms. The molecule has 6 nitrogen and oxygen atoms in total. The number of para-hydroxylation sites is 1. The number of benzene rings is 3. The van der Waals surface area contributed by atoms with E-state index in [-0.39, 0.29) is 17.7 Å². The van der Waals surface area contributed by atoms with Gasteiger partial charge >= 0.3 is 0 Å². The second-order valence-corrected chi connectivity index (χ2v) is 8.06. The van der Waals surface area contributed by atoms with Crippen LogP contribution in [0.5, 0.6) is 0 Å². The van der Waals surface area contributed by atoms with Gasteiger partial charge in [0.25, 0.3) is 5.91 Å². The van der Waals surface area contributed by atoms with Gasteiger partial charge in [-0.05, 0) is 55.0 Å². The van der Waals surface area contributed by atoms with Crippen LogP contribution in [0.3, 0.4) is 0 Å². The Bertz CT molecular complexity index is 1280. The number of amides is 2. The predicted octanol–water partition coefficient (Wildman–Crippen LogP) is 4.86. The first-order chi connectivity index (χ1) is 15.4. The number of carbonyl (C=O) groups excluding carboxylic acids is 2. The first kappa shape index (κ1) is 21.3. The number of rotatable bonds is 6. The van der Waals surface area contributed by atoms with Crippen LogP contribution in [-0.4, -0.2) is 21.4 Å². The number of imidazole rings is 1. The van der Waals surface area contributed by atoms with Crippen molar-refractivity contribution in [2.24, 2.45) is 5.92 Å². The summed E-state index contributed by atoms with van der Waals surface area (Å²) in [6, 6.07) is 23.1. The van der Waals surface area contributed by atoms with Crippen molar-refractivity contribution in [3.05, 3.63) is 89.7 Å². The number of aryl methyl sites for hydroxylation is 1. The molecule has 4 rings (SSSR count). The lowest BCUT2D eigenvalue weighted by atomic mass is 10.1. The predicted molar refractivity (Wildman–Crippen MR) is 127 cm³/mol. The summed E-state index contributed by atoms with van der Waals surface area (Å²) in [4.78, 5) is 29.3. The number of hydrogen-bond acceptors (Lipinski definition) is 3. The minimum absolute atomic E-state index is 0.0373. The van der Waals surface area contributed by atoms with Gasteiger partial charge in [-0.3, -0.25) is 14.2 Å². The van der Waals surface area contributed by atoms with Crippen LogP contribution < -0.4 is 10.6 Å². The molecule has 0 saturated carbocycles. The molecule has 0 aliphatic heterocycles. The standard InChI is InChI=1S/C26H26N4O2/c1-17(2)25(31)29-21-9-7-8-19(14-21)16-27-26(32)20-12-13-24-23(15-20)28-18(3)30(24)22-10-5-4-6-11-22/h4-15,17H,16H2,1-3H3,(H,27,32)(H,29,31). The maximum Gasteiger partial charge on any atom is 0.251 e. The summed E-state index contributed by atoms with van der Waals surface area (Å²) in [5.74, 6) is 0.562. The third-order valence-electron chi connectivity index (χ3n) is 5.27. The van der Waals surface area contributed by atoms with Crippen LogP contribution in [0.25, 0.3) is 16.7 Å². The summed E-state index contributed by atoms with van der Waals surface area (Å²) in [6.07, 6.45) is 0. The summed E-state index contributed by atoms with van der Waals surface area (Å²) in [5.41, 5.74) is 4.95. The normalized spacial score (nSPS) is 11.0. The molecule has 0 saturated heterocycles. The van der Waals surface area contributed by atoms with Crippen molar-refractivity contribution in [2.75, 3.05) is 5.32 Å². The van der Waals surface area contributed by atoms with Crippen LogP contribution in [0.1, 0.15) is 35.6 Å². The highest BCUT2D eigenvalue weighted by Crippen LogP contribution is 2.22. The van der Waals surface area contributed by atoms with E-state index in [0.29, 0.717) is 12.1 Å². The molecule has 0 bridgehead atoms. The van der Waals surface area contributed by atoms with Gasteiger partial charge in [-0.2, -0.15) is 0 Å². The topological polar surface area (TPSA) is 76.0 Å². The molecular weight excluding hydrogens is 400 g/mol. The molecular formula is C26H26N4O2. The van der Waals surface area contributed by atoms with Gasteiger partial charge in [0.1, 0.15) is 5.82 Å². The Morgan fingerprint density at radius 1 is 0.969 bits per heavy atom. The van der Waals surface area contributed by atoms with Gasteiger partial charge in [0, 0.05) is 29.4 Å². The van der Waals surface area contributed by atoms with E-state index in [1.54, 1.807) is 0 Å². The number of aromatic nitrogens is 2. The molecule has 0 fully saturated rings. The van der Waals surface area contributed by atoms with Gasteiger partial charge in [-0.15, -0.1) is 0 Å². The van der Waals surface area contributed by atoms with Crippen LogP contribution in [0.2, 0.25) is 0 Å². The molecule has 2 amide bonds. The molecule has 1 aromatic heterocycles. The van der Waals surface area contributed by atoms with E-state index in [0.717, 1.165) is 33.8 Å². The minimum Gasteiger partial charge on any atom is -0.348 e. The maximum atomic E-state index is 12.8. The van der Waals surface area contributed by atoms with Gasteiger partial charge in [0.2, 0.25) is 5.91 Å². The van der Waals surface area contributed by atoms with Gasteiger partial charge in [0.05, 0.1) is 11.0 Å². The third kappa shape index (κ3) is 4.54. The van der Waals surface area contributed by atoms with E-state index in [2.05, 4.69) is 20.2 Å². The lowest BCUT2D eigenvalue weighted by Crippen LogP contribution is -2.23. The molecule has 1 heterocycles. The lowest BCUT2D eigenvalue weighted by molar-refractivity contribution is -0.118. The molecule has 0 spiro atoms. The van der Waals surface area contributed by atoms with Gasteiger partial charge in [-0.1, -0.05) is 44.2 Å². The minimum atomic E-state index is -0.171. The van der Waals surface area contributed by atoms with Crippen LogP contribution in [0.15, 0.2) is 72.8 Å². The highest BCUT2D eigenvalue weighted by atomic mass is 16.2. The third-order valence-corrected chi connectivity index (χ3v) is 5.27. The molecule has 0 unspecified atom stereocenters. The number of fused-ring (bicyclic) bond motifs is 1. The first-order valence-corrected chi connectivity index (χ1v) is 10.6. The van der Waals surface area contributed by atoms with Crippen molar-refractivity contribution in [3.8, 4) is 5.69 Å². The summed E-state index contributed by atoms with van der Waals surface area (Å²) in [7, 11) is 0. The second kappa shape index (κ2) is 9.06. The molecule has 32 heavy (non-hydrogen) atoms. The van der Waals surface area contributed by atoms with Crippen molar-refractivity contribution < 1.29 is 9.59 Å². The molecule has 2 N–H and O–H groups in total. The van der Waals surface area contributed by atoms with Crippen LogP contribution in [0, 0.1) is 12.8 Å². The van der Waals surface area contributed by atoms with Crippen molar-refractivity contribution in [2.45, 2.75) is 27.3 Å². The Hall–Kier alpha value is -3.93. The summed E-state index contributed by atoms with van der Waals surface area (Å²) in [5, 5.41) is 5.83. The van der Waals surface area contributed by atoms with Crippen molar-refractivity contribution in [1.82, 2.24) is 14.9 Å². The monoisotopic (exact) mass is 426 g/mol. The zero-order chi connectivity index (χ0) is 22.7. The molecule has 162 valence electrons. The second-order valence-electron chi connectivity index (χ2n) is 8.06. The Balaban J connectivity index is 1.49. The van der Waals surface area contributed by atoms with Gasteiger partial charge < -0.3 is 10.6 Å². The Morgan fingerprint density at radius 2 is 1.75 bits per heavy atom.